The number of nitrogens with zero attached hydrogens (tertiary/aromatic N) is 1. The Balaban J connectivity index is 2.09. The van der Waals surface area contributed by atoms with Gasteiger partial charge in [0, 0.05) is 4.90 Å². The molecule has 0 aliphatic rings. The number of carboxylic acids is 1. The fourth-order valence-corrected chi connectivity index (χ4v) is 2.99. The first kappa shape index (κ1) is 14.9. The first-order chi connectivity index (χ1) is 10.1. The van der Waals surface area contributed by atoms with Crippen LogP contribution in [0.2, 0.25) is 0 Å². The second-order valence-electron chi connectivity index (χ2n) is 4.52. The molecule has 2 rings (SSSR count). The number of carboxylic acid groups (broad SMARTS) is 1. The fourth-order valence-electron chi connectivity index (χ4n) is 1.90. The van der Waals surface area contributed by atoms with E-state index in [1.54, 1.807) is 42.5 Å². The molecule has 0 aliphatic heterocycles. The van der Waals surface area contributed by atoms with Gasteiger partial charge in [-0.25, -0.2) is 0 Å². The van der Waals surface area contributed by atoms with Crippen LogP contribution in [0.5, 0.6) is 0 Å². The van der Waals surface area contributed by atoms with Gasteiger partial charge in [-0.15, -0.1) is 0 Å². The van der Waals surface area contributed by atoms with Crippen molar-refractivity contribution in [2.75, 3.05) is 0 Å². The lowest BCUT2D eigenvalue weighted by Crippen LogP contribution is -2.01. The molecular formula is C16H13NO3S. The molecule has 106 valence electrons. The molecule has 2 aromatic carbocycles. The lowest BCUT2D eigenvalue weighted by molar-refractivity contribution is -0.136. The van der Waals surface area contributed by atoms with E-state index < -0.39 is 16.8 Å². The van der Waals surface area contributed by atoms with Crippen LogP contribution in [-0.2, 0) is 27.8 Å². The third-order valence-electron chi connectivity index (χ3n) is 2.90. The van der Waals surface area contributed by atoms with E-state index in [0.29, 0.717) is 21.8 Å². The summed E-state index contributed by atoms with van der Waals surface area (Å²) in [6, 6.07) is 15.8. The molecule has 5 heteroatoms. The molecule has 0 saturated carbocycles. The van der Waals surface area contributed by atoms with Gasteiger partial charge in [0.05, 0.1) is 34.6 Å². The van der Waals surface area contributed by atoms with Crippen molar-refractivity contribution in [3.63, 3.8) is 0 Å². The molecule has 0 radical (unpaired) electrons. The second kappa shape index (κ2) is 6.82. The van der Waals surface area contributed by atoms with E-state index in [9.17, 15) is 9.00 Å². The van der Waals surface area contributed by atoms with Crippen LogP contribution >= 0.6 is 0 Å². The van der Waals surface area contributed by atoms with Gasteiger partial charge in [-0.1, -0.05) is 24.3 Å². The van der Waals surface area contributed by atoms with Crippen LogP contribution < -0.4 is 0 Å². The highest BCUT2D eigenvalue weighted by atomic mass is 32.2. The maximum absolute atomic E-state index is 12.3. The molecule has 21 heavy (non-hydrogen) atoms. The normalized spacial score (nSPS) is 11.6. The molecule has 0 heterocycles. The summed E-state index contributed by atoms with van der Waals surface area (Å²) in [5.41, 5.74) is 2.05. The maximum Gasteiger partial charge on any atom is 0.307 e. The summed E-state index contributed by atoms with van der Waals surface area (Å²) >= 11 is 0. The topological polar surface area (TPSA) is 78.2 Å². The standard InChI is InChI=1S/C16H13NO3S/c17-10-13-2-1-3-14(8-13)11-21(20)15-6-4-12(5-7-15)9-16(18)19/h1-8H,9,11H2,(H,18,19). The largest absolute Gasteiger partial charge is 0.481 e. The molecule has 4 nitrogen and oxygen atoms in total. The first-order valence-corrected chi connectivity index (χ1v) is 7.58. The minimum absolute atomic E-state index is 0.0445. The molecule has 0 aromatic heterocycles. The summed E-state index contributed by atoms with van der Waals surface area (Å²) in [4.78, 5) is 11.2. The Morgan fingerprint density at radius 1 is 1.14 bits per heavy atom. The summed E-state index contributed by atoms with van der Waals surface area (Å²) in [5.74, 6) is -0.564. The smallest absolute Gasteiger partial charge is 0.307 e. The zero-order valence-corrected chi connectivity index (χ0v) is 12.0. The highest BCUT2D eigenvalue weighted by Crippen LogP contribution is 2.15. The quantitative estimate of drug-likeness (QED) is 0.920. The molecule has 0 saturated heterocycles. The Hall–Kier alpha value is -2.45. The molecule has 0 amide bonds. The molecular weight excluding hydrogens is 286 g/mol. The molecule has 1 atom stereocenters. The molecule has 0 aliphatic carbocycles. The number of carbonyl (C=O) groups is 1. The van der Waals surface area contributed by atoms with E-state index in [-0.39, 0.29) is 6.42 Å². The predicted molar refractivity (Wildman–Crippen MR) is 79.1 cm³/mol. The number of nitriles is 1. The summed E-state index contributed by atoms with van der Waals surface area (Å²) in [6.07, 6.45) is -0.0445. The minimum Gasteiger partial charge on any atom is -0.481 e. The van der Waals surface area contributed by atoms with E-state index in [2.05, 4.69) is 6.07 Å². The molecule has 0 fully saturated rings. The number of rotatable bonds is 5. The van der Waals surface area contributed by atoms with Crippen molar-refractivity contribution in [1.82, 2.24) is 0 Å². The molecule has 0 spiro atoms. The van der Waals surface area contributed by atoms with Crippen LogP contribution in [0.25, 0.3) is 0 Å². The third kappa shape index (κ3) is 4.26. The Morgan fingerprint density at radius 2 is 1.86 bits per heavy atom. The monoisotopic (exact) mass is 299 g/mol. The minimum atomic E-state index is -1.22. The van der Waals surface area contributed by atoms with Gasteiger partial charge in [0.15, 0.2) is 0 Å². The van der Waals surface area contributed by atoms with E-state index >= 15 is 0 Å². The van der Waals surface area contributed by atoms with Crippen LogP contribution in [0.4, 0.5) is 0 Å². The summed E-state index contributed by atoms with van der Waals surface area (Å²) in [6.45, 7) is 0. The summed E-state index contributed by atoms with van der Waals surface area (Å²) in [5, 5.41) is 17.5. The van der Waals surface area contributed by atoms with Gasteiger partial charge in [0.25, 0.3) is 0 Å². The zero-order chi connectivity index (χ0) is 15.2. The highest BCUT2D eigenvalue weighted by molar-refractivity contribution is 7.84. The summed E-state index contributed by atoms with van der Waals surface area (Å²) in [7, 11) is -1.22. The maximum atomic E-state index is 12.3. The van der Waals surface area contributed by atoms with Gasteiger partial charge >= 0.3 is 5.97 Å². The number of benzene rings is 2. The average Bonchev–Trinajstić information content (AvgIpc) is 2.47. The number of hydrogen-bond donors (Lipinski definition) is 1. The van der Waals surface area contributed by atoms with Gasteiger partial charge in [-0.2, -0.15) is 5.26 Å². The third-order valence-corrected chi connectivity index (χ3v) is 4.29. The Labute approximate surface area is 125 Å². The van der Waals surface area contributed by atoms with Gasteiger partial charge in [0.2, 0.25) is 0 Å². The molecule has 1 N–H and O–H groups in total. The van der Waals surface area contributed by atoms with Gasteiger partial charge < -0.3 is 5.11 Å². The Bertz CT molecular complexity index is 717. The predicted octanol–water partition coefficient (Wildman–Crippen LogP) is 2.49. The van der Waals surface area contributed by atoms with Gasteiger partial charge in [0.1, 0.15) is 0 Å². The first-order valence-electron chi connectivity index (χ1n) is 6.26. The van der Waals surface area contributed by atoms with Crippen molar-refractivity contribution in [3.05, 3.63) is 65.2 Å². The van der Waals surface area contributed by atoms with Crippen molar-refractivity contribution < 1.29 is 14.1 Å². The van der Waals surface area contributed by atoms with E-state index in [4.69, 9.17) is 10.4 Å². The van der Waals surface area contributed by atoms with Crippen LogP contribution in [0.1, 0.15) is 16.7 Å². The van der Waals surface area contributed by atoms with Crippen molar-refractivity contribution in [3.8, 4) is 6.07 Å². The molecule has 0 bridgehead atoms. The van der Waals surface area contributed by atoms with Crippen molar-refractivity contribution in [1.29, 1.82) is 5.26 Å². The summed E-state index contributed by atoms with van der Waals surface area (Å²) < 4.78 is 12.3. The number of aliphatic carboxylic acids is 1. The van der Waals surface area contributed by atoms with Crippen LogP contribution in [0.3, 0.4) is 0 Å². The fraction of sp³-hybridized carbons (Fsp3) is 0.125. The van der Waals surface area contributed by atoms with Crippen LogP contribution in [0, 0.1) is 11.3 Å². The number of hydrogen-bond acceptors (Lipinski definition) is 3. The highest BCUT2D eigenvalue weighted by Gasteiger charge is 2.07. The van der Waals surface area contributed by atoms with E-state index in [0.717, 1.165) is 5.56 Å². The van der Waals surface area contributed by atoms with Crippen LogP contribution in [0.15, 0.2) is 53.4 Å². The van der Waals surface area contributed by atoms with Crippen molar-refractivity contribution in [2.45, 2.75) is 17.1 Å². The van der Waals surface area contributed by atoms with E-state index in [1.807, 2.05) is 6.07 Å². The lowest BCUT2D eigenvalue weighted by atomic mass is 10.1. The SMILES string of the molecule is N#Cc1cccc(CS(=O)c2ccc(CC(=O)O)cc2)c1. The lowest BCUT2D eigenvalue weighted by Gasteiger charge is -2.04. The second-order valence-corrected chi connectivity index (χ2v) is 5.97. The Kier molecular flexibility index (Phi) is 4.85. The average molecular weight is 299 g/mol. The van der Waals surface area contributed by atoms with Crippen LogP contribution in [-0.4, -0.2) is 15.3 Å². The molecule has 2 aromatic rings. The van der Waals surface area contributed by atoms with E-state index in [1.165, 1.54) is 0 Å². The Morgan fingerprint density at radius 3 is 2.48 bits per heavy atom. The molecule has 1 unspecified atom stereocenters. The van der Waals surface area contributed by atoms with Crippen molar-refractivity contribution in [2.24, 2.45) is 0 Å². The van der Waals surface area contributed by atoms with Gasteiger partial charge in [-0.05, 0) is 35.4 Å². The van der Waals surface area contributed by atoms with Crippen molar-refractivity contribution >= 4 is 16.8 Å². The van der Waals surface area contributed by atoms with Gasteiger partial charge in [-0.3, -0.25) is 9.00 Å². The zero-order valence-electron chi connectivity index (χ0n) is 11.2.